The lowest BCUT2D eigenvalue weighted by atomic mass is 10.1. The molecule has 2 aromatic heterocycles. The highest BCUT2D eigenvalue weighted by atomic mass is 16.1. The molecule has 28 heavy (non-hydrogen) atoms. The highest BCUT2D eigenvalue weighted by Gasteiger charge is 2.13. The van der Waals surface area contributed by atoms with E-state index in [0.717, 1.165) is 16.8 Å². The van der Waals surface area contributed by atoms with Crippen molar-refractivity contribution in [1.82, 2.24) is 25.1 Å². The fourth-order valence-electron chi connectivity index (χ4n) is 2.95. The Morgan fingerprint density at radius 1 is 1.11 bits per heavy atom. The highest BCUT2D eigenvalue weighted by Crippen LogP contribution is 2.14. The molecule has 2 N–H and O–H groups in total. The third-order valence-corrected chi connectivity index (χ3v) is 4.67. The molecule has 0 aliphatic heterocycles. The Morgan fingerprint density at radius 3 is 2.64 bits per heavy atom. The van der Waals surface area contributed by atoms with E-state index in [1.807, 2.05) is 56.3 Å². The second-order valence-corrected chi connectivity index (χ2v) is 6.62. The predicted octanol–water partition coefficient (Wildman–Crippen LogP) is 2.66. The number of para-hydroxylation sites is 1. The van der Waals surface area contributed by atoms with Crippen LogP contribution in [0.4, 0.5) is 0 Å². The molecule has 0 saturated carbocycles. The number of H-pyrrole nitrogens is 1. The van der Waals surface area contributed by atoms with Crippen molar-refractivity contribution < 1.29 is 4.79 Å². The number of fused-ring (bicyclic) bond motifs is 1. The smallest absolute Gasteiger partial charge is 0.262 e. The number of aromatic nitrogens is 4. The lowest BCUT2D eigenvalue weighted by Gasteiger charge is -2.08. The third-order valence-electron chi connectivity index (χ3n) is 4.67. The molecule has 2 heterocycles. The molecule has 0 atom stereocenters. The first-order valence-corrected chi connectivity index (χ1v) is 8.91. The van der Waals surface area contributed by atoms with Crippen molar-refractivity contribution in [3.63, 3.8) is 0 Å². The number of rotatable bonds is 4. The minimum atomic E-state index is -0.289. The summed E-state index contributed by atoms with van der Waals surface area (Å²) in [6, 6.07) is 15.0. The van der Waals surface area contributed by atoms with Gasteiger partial charge in [-0.05, 0) is 49.2 Å². The quantitative estimate of drug-likeness (QED) is 0.575. The molecule has 0 aliphatic rings. The number of benzene rings is 2. The van der Waals surface area contributed by atoms with Crippen LogP contribution >= 0.6 is 0 Å². The molecule has 7 heteroatoms. The van der Waals surface area contributed by atoms with E-state index < -0.39 is 0 Å². The van der Waals surface area contributed by atoms with Gasteiger partial charge in [0.25, 0.3) is 11.5 Å². The van der Waals surface area contributed by atoms with Gasteiger partial charge in [0.1, 0.15) is 11.2 Å². The summed E-state index contributed by atoms with van der Waals surface area (Å²) in [5.74, 6) is 0.148. The number of hydrogen-bond donors (Lipinski definition) is 2. The fourth-order valence-corrected chi connectivity index (χ4v) is 2.95. The SMILES string of the molecule is Cc1ccc(C(=O)NCc2nc3c(cnn3-c3ccccc3)c(=O)[nH]2)cc1C. The second-order valence-electron chi connectivity index (χ2n) is 6.62. The van der Waals surface area contributed by atoms with Crippen LogP contribution in [0.25, 0.3) is 16.7 Å². The van der Waals surface area contributed by atoms with Gasteiger partial charge in [-0.3, -0.25) is 9.59 Å². The van der Waals surface area contributed by atoms with Gasteiger partial charge in [0.05, 0.1) is 18.4 Å². The van der Waals surface area contributed by atoms with Crippen LogP contribution < -0.4 is 10.9 Å². The molecule has 4 aromatic rings. The molecule has 0 spiro atoms. The van der Waals surface area contributed by atoms with Crippen molar-refractivity contribution in [1.29, 1.82) is 0 Å². The maximum Gasteiger partial charge on any atom is 0.262 e. The Morgan fingerprint density at radius 2 is 1.89 bits per heavy atom. The summed E-state index contributed by atoms with van der Waals surface area (Å²) in [7, 11) is 0. The first-order chi connectivity index (χ1) is 13.5. The molecule has 0 aliphatic carbocycles. The van der Waals surface area contributed by atoms with Gasteiger partial charge in [-0.1, -0.05) is 24.3 Å². The van der Waals surface area contributed by atoms with Gasteiger partial charge in [-0.15, -0.1) is 0 Å². The summed E-state index contributed by atoms with van der Waals surface area (Å²) in [6.07, 6.45) is 1.49. The number of carbonyl (C=O) groups excluding carboxylic acids is 1. The lowest BCUT2D eigenvalue weighted by Crippen LogP contribution is -2.25. The molecule has 1 amide bonds. The van der Waals surface area contributed by atoms with Gasteiger partial charge in [-0.2, -0.15) is 5.10 Å². The maximum atomic E-state index is 12.4. The van der Waals surface area contributed by atoms with E-state index in [0.29, 0.717) is 22.4 Å². The molecule has 0 unspecified atom stereocenters. The van der Waals surface area contributed by atoms with E-state index in [1.165, 1.54) is 6.20 Å². The highest BCUT2D eigenvalue weighted by molar-refractivity contribution is 5.94. The van der Waals surface area contributed by atoms with Gasteiger partial charge < -0.3 is 10.3 Å². The van der Waals surface area contributed by atoms with E-state index in [4.69, 9.17) is 0 Å². The van der Waals surface area contributed by atoms with Crippen LogP contribution in [0.15, 0.2) is 59.5 Å². The van der Waals surface area contributed by atoms with Gasteiger partial charge in [0.2, 0.25) is 0 Å². The first-order valence-electron chi connectivity index (χ1n) is 8.91. The molecule has 0 bridgehead atoms. The Bertz CT molecular complexity index is 1220. The predicted molar refractivity (Wildman–Crippen MR) is 107 cm³/mol. The number of aromatic amines is 1. The average molecular weight is 373 g/mol. The zero-order valence-corrected chi connectivity index (χ0v) is 15.6. The summed E-state index contributed by atoms with van der Waals surface area (Å²) in [5.41, 5.74) is 3.71. The molecule has 4 rings (SSSR count). The summed E-state index contributed by atoms with van der Waals surface area (Å²) in [5, 5.41) is 7.48. The Labute approximate surface area is 161 Å². The van der Waals surface area contributed by atoms with Crippen molar-refractivity contribution in [2.45, 2.75) is 20.4 Å². The molecule has 140 valence electrons. The van der Waals surface area contributed by atoms with E-state index in [-0.39, 0.29) is 18.0 Å². The minimum Gasteiger partial charge on any atom is -0.345 e. The number of carbonyl (C=O) groups is 1. The van der Waals surface area contributed by atoms with Crippen LogP contribution in [-0.2, 0) is 6.54 Å². The molecular weight excluding hydrogens is 354 g/mol. The Hall–Kier alpha value is -3.74. The maximum absolute atomic E-state index is 12.4. The zero-order chi connectivity index (χ0) is 19.7. The molecule has 7 nitrogen and oxygen atoms in total. The van der Waals surface area contributed by atoms with Gasteiger partial charge in [0.15, 0.2) is 5.65 Å². The van der Waals surface area contributed by atoms with Crippen LogP contribution in [0.2, 0.25) is 0 Å². The fraction of sp³-hybridized carbons (Fsp3) is 0.143. The third kappa shape index (κ3) is 3.29. The van der Waals surface area contributed by atoms with Gasteiger partial charge in [-0.25, -0.2) is 9.67 Å². The zero-order valence-electron chi connectivity index (χ0n) is 15.6. The number of hydrogen-bond acceptors (Lipinski definition) is 4. The normalized spacial score (nSPS) is 10.9. The van der Waals surface area contributed by atoms with Crippen LogP contribution in [0.1, 0.15) is 27.3 Å². The Balaban J connectivity index is 1.61. The average Bonchev–Trinajstić information content (AvgIpc) is 3.13. The summed E-state index contributed by atoms with van der Waals surface area (Å²) >= 11 is 0. The molecule has 0 fully saturated rings. The molecule has 0 saturated heterocycles. The van der Waals surface area contributed by atoms with Crippen molar-refractivity contribution in [2.75, 3.05) is 0 Å². The number of amides is 1. The van der Waals surface area contributed by atoms with E-state index in [9.17, 15) is 9.59 Å². The number of nitrogens with one attached hydrogen (secondary N) is 2. The molecule has 0 radical (unpaired) electrons. The summed E-state index contributed by atoms with van der Waals surface area (Å²) < 4.78 is 1.61. The van der Waals surface area contributed by atoms with Crippen LogP contribution in [0.3, 0.4) is 0 Å². The number of nitrogens with zero attached hydrogens (tertiary/aromatic N) is 3. The van der Waals surface area contributed by atoms with Crippen molar-refractivity contribution in [3.8, 4) is 5.69 Å². The second kappa shape index (κ2) is 7.11. The van der Waals surface area contributed by atoms with Crippen molar-refractivity contribution in [3.05, 3.63) is 87.6 Å². The first kappa shape index (κ1) is 17.7. The van der Waals surface area contributed by atoms with Crippen LogP contribution in [-0.4, -0.2) is 25.7 Å². The lowest BCUT2D eigenvalue weighted by molar-refractivity contribution is 0.0950. The largest absolute Gasteiger partial charge is 0.345 e. The van der Waals surface area contributed by atoms with E-state index >= 15 is 0 Å². The van der Waals surface area contributed by atoms with Gasteiger partial charge >= 0.3 is 0 Å². The topological polar surface area (TPSA) is 92.7 Å². The van der Waals surface area contributed by atoms with E-state index in [1.54, 1.807) is 10.7 Å². The summed E-state index contributed by atoms with van der Waals surface area (Å²) in [6.45, 7) is 4.07. The standard InChI is InChI=1S/C21H19N5O2/c1-13-8-9-15(10-14(13)2)20(27)22-12-18-24-19-17(21(28)25-18)11-23-26(19)16-6-4-3-5-7-16/h3-11H,12H2,1-2H3,(H,22,27)(H,24,25,28). The van der Waals surface area contributed by atoms with Crippen molar-refractivity contribution >= 4 is 16.9 Å². The molecule has 2 aromatic carbocycles. The van der Waals surface area contributed by atoms with Crippen LogP contribution in [0, 0.1) is 13.8 Å². The number of aryl methyl sites for hydroxylation is 2. The summed E-state index contributed by atoms with van der Waals surface area (Å²) in [4.78, 5) is 32.0. The van der Waals surface area contributed by atoms with E-state index in [2.05, 4.69) is 20.4 Å². The van der Waals surface area contributed by atoms with Crippen LogP contribution in [0.5, 0.6) is 0 Å². The van der Waals surface area contributed by atoms with Gasteiger partial charge in [0, 0.05) is 5.56 Å². The van der Waals surface area contributed by atoms with Crippen molar-refractivity contribution in [2.24, 2.45) is 0 Å². The molecular formula is C21H19N5O2. The minimum absolute atomic E-state index is 0.108. The Kier molecular flexibility index (Phi) is 4.49. The monoisotopic (exact) mass is 373 g/mol.